The second-order valence-electron chi connectivity index (χ2n) is 4.79. The number of nitrogens with one attached hydrogen (secondary N) is 1. The summed E-state index contributed by atoms with van der Waals surface area (Å²) in [5, 5.41) is 2.32. The molecule has 19 heavy (non-hydrogen) atoms. The number of benzene rings is 1. The van der Waals surface area contributed by atoms with Crippen molar-refractivity contribution >= 4 is 11.8 Å². The van der Waals surface area contributed by atoms with Crippen molar-refractivity contribution in [2.75, 3.05) is 6.61 Å². The Bertz CT molecular complexity index is 453. The molecular weight excluding hydrogens is 242 g/mol. The monoisotopic (exact) mass is 261 g/mol. The van der Waals surface area contributed by atoms with E-state index in [1.807, 2.05) is 24.3 Å². The maximum absolute atomic E-state index is 11.6. The average Bonchev–Trinajstić information content (AvgIpc) is 2.75. The van der Waals surface area contributed by atoms with Crippen LogP contribution in [0.25, 0.3) is 0 Å². The number of imide groups is 1. The van der Waals surface area contributed by atoms with E-state index in [-0.39, 0.29) is 24.2 Å². The SMILES string of the molecule is CCCCCOc1ccc([C@@H]2CC(=O)NC2=O)cc1. The van der Waals surface area contributed by atoms with E-state index in [0.717, 1.165) is 24.3 Å². The lowest BCUT2D eigenvalue weighted by Crippen LogP contribution is -2.21. The van der Waals surface area contributed by atoms with Crippen LogP contribution in [0, 0.1) is 0 Å². The first-order valence-corrected chi connectivity index (χ1v) is 6.77. The van der Waals surface area contributed by atoms with Crippen LogP contribution in [0.5, 0.6) is 5.75 Å². The predicted octanol–water partition coefficient (Wildman–Crippen LogP) is 2.39. The molecule has 4 heteroatoms. The molecule has 0 radical (unpaired) electrons. The number of carbonyl (C=O) groups is 2. The van der Waals surface area contributed by atoms with Gasteiger partial charge in [-0.2, -0.15) is 0 Å². The van der Waals surface area contributed by atoms with Crippen LogP contribution in [-0.4, -0.2) is 18.4 Å². The molecule has 1 aromatic carbocycles. The second-order valence-corrected chi connectivity index (χ2v) is 4.79. The lowest BCUT2D eigenvalue weighted by atomic mass is 9.98. The van der Waals surface area contributed by atoms with Crippen LogP contribution in [0.1, 0.15) is 44.1 Å². The highest BCUT2D eigenvalue weighted by molar-refractivity contribution is 6.06. The van der Waals surface area contributed by atoms with E-state index in [1.165, 1.54) is 12.8 Å². The molecule has 1 saturated heterocycles. The van der Waals surface area contributed by atoms with Crippen LogP contribution in [0.3, 0.4) is 0 Å². The van der Waals surface area contributed by atoms with Gasteiger partial charge in [-0.05, 0) is 24.1 Å². The van der Waals surface area contributed by atoms with Gasteiger partial charge in [0.15, 0.2) is 0 Å². The molecular formula is C15H19NO3. The third kappa shape index (κ3) is 3.56. The maximum atomic E-state index is 11.6. The molecule has 1 heterocycles. The van der Waals surface area contributed by atoms with Crippen molar-refractivity contribution in [2.24, 2.45) is 0 Å². The van der Waals surface area contributed by atoms with E-state index < -0.39 is 0 Å². The summed E-state index contributed by atoms with van der Waals surface area (Å²) >= 11 is 0. The smallest absolute Gasteiger partial charge is 0.234 e. The van der Waals surface area contributed by atoms with Crippen molar-refractivity contribution in [2.45, 2.75) is 38.5 Å². The quantitative estimate of drug-likeness (QED) is 0.632. The Kier molecular flexibility index (Phi) is 4.55. The Morgan fingerprint density at radius 2 is 1.95 bits per heavy atom. The van der Waals surface area contributed by atoms with E-state index in [1.54, 1.807) is 0 Å². The van der Waals surface area contributed by atoms with E-state index in [0.29, 0.717) is 0 Å². The van der Waals surface area contributed by atoms with Gasteiger partial charge >= 0.3 is 0 Å². The Balaban J connectivity index is 1.91. The zero-order valence-corrected chi connectivity index (χ0v) is 11.1. The van der Waals surface area contributed by atoms with Crippen molar-refractivity contribution in [1.82, 2.24) is 5.32 Å². The van der Waals surface area contributed by atoms with Crippen molar-refractivity contribution in [3.05, 3.63) is 29.8 Å². The summed E-state index contributed by atoms with van der Waals surface area (Å²) < 4.78 is 5.61. The third-order valence-electron chi connectivity index (χ3n) is 3.27. The zero-order valence-electron chi connectivity index (χ0n) is 11.1. The minimum atomic E-state index is -0.346. The Labute approximate surface area is 113 Å². The van der Waals surface area contributed by atoms with Gasteiger partial charge < -0.3 is 4.74 Å². The van der Waals surface area contributed by atoms with E-state index in [2.05, 4.69) is 12.2 Å². The molecule has 0 aromatic heterocycles. The molecule has 2 rings (SSSR count). The summed E-state index contributed by atoms with van der Waals surface area (Å²) in [7, 11) is 0. The van der Waals surface area contributed by atoms with Crippen LogP contribution >= 0.6 is 0 Å². The Morgan fingerprint density at radius 3 is 2.53 bits per heavy atom. The summed E-state index contributed by atoms with van der Waals surface area (Å²) in [5.41, 5.74) is 0.865. The first kappa shape index (κ1) is 13.6. The summed E-state index contributed by atoms with van der Waals surface area (Å²) in [5.74, 6) is 0.0581. The number of hydrogen-bond acceptors (Lipinski definition) is 3. The second kappa shape index (κ2) is 6.36. The predicted molar refractivity (Wildman–Crippen MR) is 72.0 cm³/mol. The van der Waals surface area contributed by atoms with Gasteiger partial charge in [0.1, 0.15) is 5.75 Å². The van der Waals surface area contributed by atoms with Crippen LogP contribution in [0.2, 0.25) is 0 Å². The molecule has 1 aliphatic rings. The van der Waals surface area contributed by atoms with Gasteiger partial charge in [-0.15, -0.1) is 0 Å². The molecule has 0 bridgehead atoms. The lowest BCUT2D eigenvalue weighted by Gasteiger charge is -2.09. The average molecular weight is 261 g/mol. The molecule has 1 N–H and O–H groups in total. The maximum Gasteiger partial charge on any atom is 0.234 e. The number of amides is 2. The van der Waals surface area contributed by atoms with E-state index in [9.17, 15) is 9.59 Å². The fourth-order valence-corrected chi connectivity index (χ4v) is 2.16. The molecule has 1 aromatic rings. The first-order chi connectivity index (χ1) is 9.20. The lowest BCUT2D eigenvalue weighted by molar-refractivity contribution is -0.125. The minimum Gasteiger partial charge on any atom is -0.494 e. The van der Waals surface area contributed by atoms with Gasteiger partial charge in [0.25, 0.3) is 0 Å². The normalized spacial score (nSPS) is 18.5. The minimum absolute atomic E-state index is 0.199. The van der Waals surface area contributed by atoms with Gasteiger partial charge in [-0.3, -0.25) is 14.9 Å². The molecule has 2 amide bonds. The molecule has 0 saturated carbocycles. The summed E-state index contributed by atoms with van der Waals surface area (Å²) in [4.78, 5) is 22.7. The Hall–Kier alpha value is -1.84. The Morgan fingerprint density at radius 1 is 1.21 bits per heavy atom. The molecule has 1 atom stereocenters. The summed E-state index contributed by atoms with van der Waals surface area (Å²) in [6, 6.07) is 7.44. The van der Waals surface area contributed by atoms with Gasteiger partial charge in [0, 0.05) is 6.42 Å². The molecule has 1 aliphatic heterocycles. The number of carbonyl (C=O) groups excluding carboxylic acids is 2. The molecule has 0 spiro atoms. The standard InChI is InChI=1S/C15H19NO3/c1-2-3-4-9-19-12-7-5-11(6-8-12)13-10-14(17)16-15(13)18/h5-8,13H,2-4,9-10H2,1H3,(H,16,17,18)/t13-/m0/s1. The van der Waals surface area contributed by atoms with Crippen LogP contribution in [0.4, 0.5) is 0 Å². The van der Waals surface area contributed by atoms with Crippen LogP contribution in [-0.2, 0) is 9.59 Å². The van der Waals surface area contributed by atoms with Crippen molar-refractivity contribution in [3.63, 3.8) is 0 Å². The molecule has 1 fully saturated rings. The fraction of sp³-hybridized carbons (Fsp3) is 0.467. The topological polar surface area (TPSA) is 55.4 Å². The first-order valence-electron chi connectivity index (χ1n) is 6.77. The number of unbranched alkanes of at least 4 members (excludes halogenated alkanes) is 2. The van der Waals surface area contributed by atoms with Crippen molar-refractivity contribution < 1.29 is 14.3 Å². The van der Waals surface area contributed by atoms with Crippen molar-refractivity contribution in [1.29, 1.82) is 0 Å². The number of hydrogen-bond donors (Lipinski definition) is 1. The summed E-state index contributed by atoms with van der Waals surface area (Å²) in [6.07, 6.45) is 3.64. The van der Waals surface area contributed by atoms with Crippen LogP contribution < -0.4 is 10.1 Å². The highest BCUT2D eigenvalue weighted by atomic mass is 16.5. The highest BCUT2D eigenvalue weighted by Gasteiger charge is 2.31. The number of rotatable bonds is 6. The van der Waals surface area contributed by atoms with E-state index >= 15 is 0 Å². The van der Waals surface area contributed by atoms with Crippen molar-refractivity contribution in [3.8, 4) is 5.75 Å². The molecule has 102 valence electrons. The van der Waals surface area contributed by atoms with Crippen LogP contribution in [0.15, 0.2) is 24.3 Å². The number of ether oxygens (including phenoxy) is 1. The zero-order chi connectivity index (χ0) is 13.7. The van der Waals surface area contributed by atoms with Gasteiger partial charge in [-0.1, -0.05) is 31.9 Å². The van der Waals surface area contributed by atoms with E-state index in [4.69, 9.17) is 4.74 Å². The molecule has 0 aliphatic carbocycles. The van der Waals surface area contributed by atoms with Gasteiger partial charge in [-0.25, -0.2) is 0 Å². The highest BCUT2D eigenvalue weighted by Crippen LogP contribution is 2.25. The molecule has 4 nitrogen and oxygen atoms in total. The summed E-state index contributed by atoms with van der Waals surface area (Å²) in [6.45, 7) is 2.87. The van der Waals surface area contributed by atoms with Gasteiger partial charge in [0.05, 0.1) is 12.5 Å². The van der Waals surface area contributed by atoms with Gasteiger partial charge in [0.2, 0.25) is 11.8 Å². The fourth-order valence-electron chi connectivity index (χ4n) is 2.16. The molecule has 0 unspecified atom stereocenters. The third-order valence-corrected chi connectivity index (χ3v) is 3.27. The largest absolute Gasteiger partial charge is 0.494 e.